The first-order valence-corrected chi connectivity index (χ1v) is 22.6. The molecule has 4 atom stereocenters. The maximum absolute atomic E-state index is 11.6. The molecule has 1 aliphatic heterocycles. The molecule has 0 amide bonds. The minimum atomic E-state index is -1.42. The number of nitrogens with two attached hydrogens (primary N) is 1. The third kappa shape index (κ3) is 24.2. The van der Waals surface area contributed by atoms with Gasteiger partial charge in [-0.2, -0.15) is 0 Å². The van der Waals surface area contributed by atoms with E-state index in [-0.39, 0.29) is 82.2 Å². The summed E-state index contributed by atoms with van der Waals surface area (Å²) in [5.74, 6) is 1.28. The van der Waals surface area contributed by atoms with Crippen LogP contribution in [-0.4, -0.2) is 35.5 Å². The molecule has 1 aliphatic rings. The molecule has 9 nitrogen and oxygen atoms in total. The molecule has 10 heteroatoms. The van der Waals surface area contributed by atoms with Gasteiger partial charge in [0.05, 0.1) is 5.97 Å². The molecule has 0 radical (unpaired) electrons. The van der Waals surface area contributed by atoms with Crippen molar-refractivity contribution in [3.63, 3.8) is 0 Å². The Kier molecular flexibility index (Phi) is 30.8. The molecule has 2 rings (SSSR count). The van der Waals surface area contributed by atoms with Crippen LogP contribution in [0.2, 0.25) is 0 Å². The quantitative estimate of drug-likeness (QED) is 0.0307. The van der Waals surface area contributed by atoms with Crippen molar-refractivity contribution in [1.29, 1.82) is 0 Å². The van der Waals surface area contributed by atoms with E-state index in [9.17, 15) is 24.3 Å². The Morgan fingerprint density at radius 2 is 1.24 bits per heavy atom. The van der Waals surface area contributed by atoms with Gasteiger partial charge in [-0.05, 0) is 101 Å². The van der Waals surface area contributed by atoms with Gasteiger partial charge in [0.1, 0.15) is 17.1 Å². The Morgan fingerprint density at radius 3 is 1.78 bits per heavy atom. The van der Waals surface area contributed by atoms with Crippen molar-refractivity contribution in [2.45, 2.75) is 229 Å². The van der Waals surface area contributed by atoms with Gasteiger partial charge >= 0.3 is 69.3 Å². The molecule has 0 bridgehead atoms. The van der Waals surface area contributed by atoms with E-state index in [0.717, 1.165) is 78.0 Å². The van der Waals surface area contributed by atoms with Crippen LogP contribution in [0.3, 0.4) is 0 Å². The molecule has 0 saturated heterocycles. The fraction of sp³-hybridized carbons (Fsp3) is 0.792. The molecule has 0 saturated carbocycles. The fourth-order valence-corrected chi connectivity index (χ4v) is 7.76. The molecule has 0 aromatic heterocycles. The van der Waals surface area contributed by atoms with Crippen LogP contribution < -0.4 is 71.7 Å². The van der Waals surface area contributed by atoms with Crippen LogP contribution in [-0.2, 0) is 30.3 Å². The van der Waals surface area contributed by atoms with Gasteiger partial charge in [0, 0.05) is 31.4 Å². The fourth-order valence-electron chi connectivity index (χ4n) is 7.76. The number of fused-ring (bicyclic) bond motifs is 1. The zero-order chi connectivity index (χ0) is 43.0. The van der Waals surface area contributed by atoms with E-state index in [1.165, 1.54) is 102 Å². The Balaban J connectivity index is 0.00000119. The van der Waals surface area contributed by atoms with Crippen LogP contribution in [0.5, 0.6) is 11.5 Å². The summed E-state index contributed by atoms with van der Waals surface area (Å²) >= 11 is 0. The van der Waals surface area contributed by atoms with Crippen LogP contribution >= 0.6 is 0 Å². The average Bonchev–Trinajstić information content (AvgIpc) is 3.13. The number of unbranched alkanes of at least 4 members (excludes halogenated alkanes) is 8. The Labute approximate surface area is 396 Å². The normalized spacial score (nSPS) is 16.1. The summed E-state index contributed by atoms with van der Waals surface area (Å²) in [5, 5.41) is 10.4. The van der Waals surface area contributed by atoms with Crippen molar-refractivity contribution >= 4 is 23.9 Å². The number of carboxylic acids is 1. The van der Waals surface area contributed by atoms with Crippen LogP contribution in [0.1, 0.15) is 212 Å². The number of rotatable bonds is 27. The average molecular weight is 840 g/mol. The second kappa shape index (κ2) is 31.5. The van der Waals surface area contributed by atoms with Gasteiger partial charge in [0.25, 0.3) is 0 Å². The van der Waals surface area contributed by atoms with E-state index >= 15 is 0 Å². The largest absolute Gasteiger partial charge is 1.00 e. The number of aliphatic carboxylic acids is 1. The smallest absolute Gasteiger partial charge is 0.548 e. The van der Waals surface area contributed by atoms with Gasteiger partial charge in [-0.25, -0.2) is 0 Å². The Morgan fingerprint density at radius 1 is 0.724 bits per heavy atom. The van der Waals surface area contributed by atoms with Crippen molar-refractivity contribution in [1.82, 2.24) is 0 Å². The maximum atomic E-state index is 11.6. The van der Waals surface area contributed by atoms with E-state index in [1.54, 1.807) is 0 Å². The molecular weight excluding hydrogens is 758 g/mol. The second-order valence-corrected chi connectivity index (χ2v) is 17.9. The van der Waals surface area contributed by atoms with E-state index in [4.69, 9.17) is 15.2 Å². The molecule has 0 spiro atoms. The number of esters is 3. The molecule has 0 unspecified atom stereocenters. The minimum absolute atomic E-state index is 0. The SMILES string of the molecule is CC(=O)Oc1c(C)c(C)c2c(c1C)CC[C@@](C)(CCC[C@H](C)CCC[C@H](C)CCCC(C)C)O2.CCCCCCCCCCCC(=O)OC(=O)CC[C@H](N)C(=O)[O-].[K+]. The van der Waals surface area contributed by atoms with Crippen molar-refractivity contribution in [3.8, 4) is 11.5 Å². The number of hydrogen-bond acceptors (Lipinski definition) is 9. The monoisotopic (exact) mass is 840 g/mol. The molecule has 1 aromatic rings. The number of benzene rings is 1. The predicted molar refractivity (Wildman–Crippen MR) is 229 cm³/mol. The first-order chi connectivity index (χ1) is 26.9. The summed E-state index contributed by atoms with van der Waals surface area (Å²) in [6, 6.07) is -1.21. The Hall–Kier alpha value is -1.30. The number of carbonyl (C=O) groups is 4. The number of carboxylic acid groups (broad SMARTS) is 1. The summed E-state index contributed by atoms with van der Waals surface area (Å²) < 4.78 is 16.8. The predicted octanol–water partition coefficient (Wildman–Crippen LogP) is 7.90. The first-order valence-electron chi connectivity index (χ1n) is 22.6. The van der Waals surface area contributed by atoms with Gasteiger partial charge < -0.3 is 29.8 Å². The number of carbonyl (C=O) groups excluding carboxylic acids is 4. The first kappa shape index (κ1) is 56.7. The summed E-state index contributed by atoms with van der Waals surface area (Å²) in [6.45, 7) is 21.6. The molecule has 2 N–H and O–H groups in total. The summed E-state index contributed by atoms with van der Waals surface area (Å²) in [4.78, 5) is 44.7. The zero-order valence-corrected chi connectivity index (χ0v) is 42.0. The van der Waals surface area contributed by atoms with Gasteiger partial charge in [-0.15, -0.1) is 0 Å². The number of ether oxygens (including phenoxy) is 3. The van der Waals surface area contributed by atoms with Gasteiger partial charge in [-0.3, -0.25) is 14.4 Å². The summed E-state index contributed by atoms with van der Waals surface area (Å²) in [5.41, 5.74) is 9.50. The van der Waals surface area contributed by atoms with Crippen molar-refractivity contribution < 1.29 is 89.9 Å². The zero-order valence-electron chi connectivity index (χ0n) is 38.9. The van der Waals surface area contributed by atoms with E-state index in [2.05, 4.69) is 60.1 Å². The van der Waals surface area contributed by atoms with Crippen molar-refractivity contribution in [2.75, 3.05) is 0 Å². The van der Waals surface area contributed by atoms with E-state index in [1.807, 2.05) is 6.92 Å². The molecular formula is C48H82KNO8. The summed E-state index contributed by atoms with van der Waals surface area (Å²) in [6.07, 6.45) is 24.1. The molecule has 0 aliphatic carbocycles. The third-order valence-corrected chi connectivity index (χ3v) is 11.8. The Bertz CT molecular complexity index is 1360. The van der Waals surface area contributed by atoms with Crippen molar-refractivity contribution in [3.05, 3.63) is 22.3 Å². The van der Waals surface area contributed by atoms with Crippen LogP contribution in [0.25, 0.3) is 0 Å². The maximum Gasteiger partial charge on any atom is 1.00 e. The van der Waals surface area contributed by atoms with Crippen LogP contribution in [0, 0.1) is 38.5 Å². The standard InChI is InChI=1S/C31H52O3.C17H31NO5.K/c1-21(2)13-10-14-22(3)15-11-16-23(4)17-12-19-31(9)20-18-28-26(7)29(33-27(8)32)24(5)25(6)30(28)34-31;1-2-3-4-5-6-7-8-9-10-11-15(19)23-16(20)13-12-14(18)17(21)22;/h21-23H,10-20H2,1-9H3;14H,2-13,18H2,1H3,(H,21,22);/q;;+1/p-1/t22-,23-,31-;14-;/m10./s1. The van der Waals surface area contributed by atoms with Crippen LogP contribution in [0.4, 0.5) is 0 Å². The van der Waals surface area contributed by atoms with Gasteiger partial charge in [0.15, 0.2) is 0 Å². The minimum Gasteiger partial charge on any atom is -0.548 e. The van der Waals surface area contributed by atoms with Gasteiger partial charge in [0.2, 0.25) is 0 Å². The molecule has 58 heavy (non-hydrogen) atoms. The van der Waals surface area contributed by atoms with E-state index < -0.39 is 23.9 Å². The molecule has 1 heterocycles. The number of hydrogen-bond donors (Lipinski definition) is 1. The molecule has 0 fully saturated rings. The summed E-state index contributed by atoms with van der Waals surface area (Å²) in [7, 11) is 0. The van der Waals surface area contributed by atoms with Crippen molar-refractivity contribution in [2.24, 2.45) is 23.5 Å². The van der Waals surface area contributed by atoms with E-state index in [0.29, 0.717) is 6.42 Å². The second-order valence-electron chi connectivity index (χ2n) is 17.9. The van der Waals surface area contributed by atoms with Crippen LogP contribution in [0.15, 0.2) is 0 Å². The third-order valence-electron chi connectivity index (χ3n) is 11.8. The topological polar surface area (TPSA) is 145 Å². The molecule has 328 valence electrons. The van der Waals surface area contributed by atoms with Gasteiger partial charge in [-0.1, -0.05) is 131 Å². The molecule has 1 aromatic carbocycles.